The molecule has 0 aliphatic rings. The number of rotatable bonds is 4. The average molecular weight is 440 g/mol. The van der Waals surface area contributed by atoms with E-state index in [1.807, 2.05) is 0 Å². The molecule has 1 heterocycles. The van der Waals surface area contributed by atoms with Crippen LogP contribution in [-0.2, 0) is 0 Å². The van der Waals surface area contributed by atoms with E-state index in [1.54, 1.807) is 18.2 Å². The van der Waals surface area contributed by atoms with Crippen molar-refractivity contribution < 1.29 is 22.8 Å². The van der Waals surface area contributed by atoms with E-state index in [4.69, 9.17) is 16.0 Å². The fourth-order valence-corrected chi connectivity index (χ4v) is 3.72. The molecule has 0 aliphatic heterocycles. The predicted molar refractivity (Wildman–Crippen MR) is 115 cm³/mol. The predicted octanol–water partition coefficient (Wildman–Crippen LogP) is 6.26. The van der Waals surface area contributed by atoms with Gasteiger partial charge in [0.15, 0.2) is 5.78 Å². The smallest absolute Gasteiger partial charge is 0.255 e. The van der Waals surface area contributed by atoms with E-state index in [0.29, 0.717) is 33.4 Å². The molecule has 1 N–H and O–H groups in total. The number of hydrogen-bond acceptors (Lipinski definition) is 3. The van der Waals surface area contributed by atoms with E-state index in [9.17, 15) is 18.4 Å². The van der Waals surface area contributed by atoms with E-state index in [2.05, 4.69) is 5.32 Å². The minimum atomic E-state index is -0.699. The second-order valence-electron chi connectivity index (χ2n) is 6.97. The molecule has 0 unspecified atom stereocenters. The van der Waals surface area contributed by atoms with Crippen LogP contribution in [0, 0.1) is 11.6 Å². The van der Waals surface area contributed by atoms with E-state index in [0.717, 1.165) is 6.07 Å². The molecule has 4 aromatic rings. The van der Waals surface area contributed by atoms with Crippen LogP contribution in [0.3, 0.4) is 0 Å². The van der Waals surface area contributed by atoms with E-state index in [-0.39, 0.29) is 22.1 Å². The Morgan fingerprint density at radius 2 is 1.65 bits per heavy atom. The second kappa shape index (κ2) is 7.96. The van der Waals surface area contributed by atoms with Crippen LogP contribution in [0.1, 0.15) is 27.6 Å². The molecule has 1 amide bonds. The highest BCUT2D eigenvalue weighted by molar-refractivity contribution is 6.33. The van der Waals surface area contributed by atoms with Gasteiger partial charge in [0.2, 0.25) is 0 Å². The van der Waals surface area contributed by atoms with Gasteiger partial charge in [-0.2, -0.15) is 0 Å². The SMILES string of the molecule is CNC(=O)c1c(-c2ccc(F)cc2)oc2ccc(-c3cc(C(C)=O)c(F)cc3Cl)cc12. The largest absolute Gasteiger partial charge is 0.455 e. The molecule has 0 aliphatic carbocycles. The number of nitrogens with one attached hydrogen (secondary N) is 1. The number of benzene rings is 3. The third kappa shape index (κ3) is 3.70. The highest BCUT2D eigenvalue weighted by Gasteiger charge is 2.23. The summed E-state index contributed by atoms with van der Waals surface area (Å²) in [6, 6.07) is 13.2. The Kier molecular flexibility index (Phi) is 5.33. The Bertz CT molecular complexity index is 1340. The number of amides is 1. The molecule has 0 saturated heterocycles. The number of halogens is 3. The summed E-state index contributed by atoms with van der Waals surface area (Å²) in [5.74, 6) is -1.62. The van der Waals surface area contributed by atoms with Gasteiger partial charge >= 0.3 is 0 Å². The van der Waals surface area contributed by atoms with Crippen molar-refractivity contribution in [2.75, 3.05) is 7.05 Å². The highest BCUT2D eigenvalue weighted by atomic mass is 35.5. The summed E-state index contributed by atoms with van der Waals surface area (Å²) in [6.45, 7) is 1.27. The Morgan fingerprint density at radius 3 is 2.29 bits per heavy atom. The molecule has 4 rings (SSSR count). The van der Waals surface area contributed by atoms with Gasteiger partial charge in [0.25, 0.3) is 5.91 Å². The summed E-state index contributed by atoms with van der Waals surface area (Å²) in [7, 11) is 1.50. The van der Waals surface area contributed by atoms with Crippen LogP contribution in [0.5, 0.6) is 0 Å². The molecule has 0 fully saturated rings. The van der Waals surface area contributed by atoms with Crippen LogP contribution in [0.15, 0.2) is 59.0 Å². The molecule has 4 nitrogen and oxygen atoms in total. The van der Waals surface area contributed by atoms with Crippen molar-refractivity contribution in [2.45, 2.75) is 6.92 Å². The minimum absolute atomic E-state index is 0.0785. The summed E-state index contributed by atoms with van der Waals surface area (Å²) in [4.78, 5) is 24.4. The van der Waals surface area contributed by atoms with E-state index in [1.165, 1.54) is 44.3 Å². The molecule has 1 aromatic heterocycles. The first-order valence-corrected chi connectivity index (χ1v) is 9.73. The standard InChI is InChI=1S/C24H16ClF2NO3/c1-12(29)16-10-17(19(25)11-20(16)27)14-5-8-21-18(9-14)22(24(30)28-2)23(31-21)13-3-6-15(26)7-4-13/h3-11H,1-2H3,(H,28,30). The highest BCUT2D eigenvalue weighted by Crippen LogP contribution is 2.38. The lowest BCUT2D eigenvalue weighted by molar-refractivity contribution is 0.0963. The lowest BCUT2D eigenvalue weighted by atomic mass is 9.98. The zero-order valence-electron chi connectivity index (χ0n) is 16.6. The number of fused-ring (bicyclic) bond motifs is 1. The van der Waals surface area contributed by atoms with Crippen LogP contribution in [0.4, 0.5) is 8.78 Å². The van der Waals surface area contributed by atoms with Crippen LogP contribution >= 0.6 is 11.6 Å². The maximum absolute atomic E-state index is 14.1. The van der Waals surface area contributed by atoms with Crippen LogP contribution in [0.25, 0.3) is 33.4 Å². The Labute approximate surface area is 181 Å². The van der Waals surface area contributed by atoms with Crippen molar-refractivity contribution in [3.63, 3.8) is 0 Å². The molecule has 156 valence electrons. The fraction of sp³-hybridized carbons (Fsp3) is 0.0833. The number of hydrogen-bond donors (Lipinski definition) is 1. The first kappa shape index (κ1) is 20.8. The van der Waals surface area contributed by atoms with Gasteiger partial charge in [-0.05, 0) is 61.0 Å². The van der Waals surface area contributed by atoms with E-state index >= 15 is 0 Å². The van der Waals surface area contributed by atoms with E-state index < -0.39 is 17.4 Å². The maximum atomic E-state index is 14.1. The number of carbonyl (C=O) groups excluding carboxylic acids is 2. The first-order valence-electron chi connectivity index (χ1n) is 9.35. The lowest BCUT2D eigenvalue weighted by Crippen LogP contribution is -2.18. The minimum Gasteiger partial charge on any atom is -0.455 e. The summed E-state index contributed by atoms with van der Waals surface area (Å²) in [5, 5.41) is 3.22. The van der Waals surface area contributed by atoms with Gasteiger partial charge in [0, 0.05) is 23.6 Å². The quantitative estimate of drug-likeness (QED) is 0.382. The number of furan rings is 1. The molecular formula is C24H16ClF2NO3. The van der Waals surface area contributed by atoms with Gasteiger partial charge < -0.3 is 9.73 Å². The van der Waals surface area contributed by atoms with Crippen LogP contribution < -0.4 is 5.32 Å². The van der Waals surface area contributed by atoms with Crippen molar-refractivity contribution in [3.05, 3.63) is 82.4 Å². The third-order valence-corrected chi connectivity index (χ3v) is 5.31. The molecule has 0 saturated carbocycles. The Balaban J connectivity index is 1.96. The Hall–Kier alpha value is -3.51. The number of ketones is 1. The zero-order chi connectivity index (χ0) is 22.3. The van der Waals surface area contributed by atoms with Gasteiger partial charge in [-0.3, -0.25) is 9.59 Å². The summed E-state index contributed by atoms with van der Waals surface area (Å²) in [5.41, 5.74) is 2.20. The third-order valence-electron chi connectivity index (χ3n) is 5.00. The summed E-state index contributed by atoms with van der Waals surface area (Å²) in [6.07, 6.45) is 0. The van der Waals surface area contributed by atoms with Crippen molar-refractivity contribution >= 4 is 34.3 Å². The first-order chi connectivity index (χ1) is 14.8. The molecule has 3 aromatic carbocycles. The molecular weight excluding hydrogens is 424 g/mol. The normalized spacial score (nSPS) is 11.0. The topological polar surface area (TPSA) is 59.3 Å². The molecule has 0 spiro atoms. The van der Waals surface area contributed by atoms with Gasteiger partial charge in [0.05, 0.1) is 16.1 Å². The van der Waals surface area contributed by atoms with Gasteiger partial charge in [-0.15, -0.1) is 0 Å². The zero-order valence-corrected chi connectivity index (χ0v) is 17.3. The van der Waals surface area contributed by atoms with Crippen LogP contribution in [0.2, 0.25) is 5.02 Å². The lowest BCUT2D eigenvalue weighted by Gasteiger charge is -2.08. The monoisotopic (exact) mass is 439 g/mol. The molecule has 31 heavy (non-hydrogen) atoms. The number of Topliss-reactive ketones (excluding diaryl/α,β-unsaturated/α-hetero) is 1. The summed E-state index contributed by atoms with van der Waals surface area (Å²) >= 11 is 6.25. The summed E-state index contributed by atoms with van der Waals surface area (Å²) < 4.78 is 33.4. The maximum Gasteiger partial charge on any atom is 0.255 e. The fourth-order valence-electron chi connectivity index (χ4n) is 3.46. The van der Waals surface area contributed by atoms with Crippen molar-refractivity contribution in [1.82, 2.24) is 5.32 Å². The molecule has 7 heteroatoms. The molecule has 0 bridgehead atoms. The molecule has 0 radical (unpaired) electrons. The van der Waals surface area contributed by atoms with Crippen molar-refractivity contribution in [3.8, 4) is 22.5 Å². The average Bonchev–Trinajstić information content (AvgIpc) is 3.12. The Morgan fingerprint density at radius 1 is 0.968 bits per heavy atom. The van der Waals surface area contributed by atoms with Crippen molar-refractivity contribution in [1.29, 1.82) is 0 Å². The number of carbonyl (C=O) groups is 2. The van der Waals surface area contributed by atoms with Crippen LogP contribution in [-0.4, -0.2) is 18.7 Å². The van der Waals surface area contributed by atoms with Crippen molar-refractivity contribution in [2.24, 2.45) is 0 Å². The van der Waals surface area contributed by atoms with Gasteiger partial charge in [-0.25, -0.2) is 8.78 Å². The molecule has 0 atom stereocenters. The van der Waals surface area contributed by atoms with Gasteiger partial charge in [-0.1, -0.05) is 17.7 Å². The van der Waals surface area contributed by atoms with Gasteiger partial charge in [0.1, 0.15) is 23.0 Å². The second-order valence-corrected chi connectivity index (χ2v) is 7.38.